The molecule has 0 bridgehead atoms. The molecule has 1 atom stereocenters. The topological polar surface area (TPSA) is 12.0 Å². The van der Waals surface area contributed by atoms with Crippen molar-refractivity contribution in [1.29, 1.82) is 0 Å². The van der Waals surface area contributed by atoms with E-state index in [0.717, 1.165) is 13.0 Å². The Balaban J connectivity index is 2.32. The van der Waals surface area contributed by atoms with E-state index in [1.165, 1.54) is 24.0 Å². The van der Waals surface area contributed by atoms with Gasteiger partial charge in [0.2, 0.25) is 0 Å². The lowest BCUT2D eigenvalue weighted by atomic mass is 9.78. The summed E-state index contributed by atoms with van der Waals surface area (Å²) >= 11 is 0. The van der Waals surface area contributed by atoms with Gasteiger partial charge >= 0.3 is 0 Å². The normalized spacial score (nSPS) is 25.2. The highest BCUT2D eigenvalue weighted by molar-refractivity contribution is 5.30. The molecule has 2 rings (SSSR count). The SMILES string of the molecule is CCc1ccc(C2(C(C)C)CCCN2)cc1. The molecule has 1 aromatic carbocycles. The van der Waals surface area contributed by atoms with Crippen molar-refractivity contribution in [3.8, 4) is 0 Å². The molecule has 1 N–H and O–H groups in total. The third-order valence-electron chi connectivity index (χ3n) is 4.05. The van der Waals surface area contributed by atoms with E-state index in [2.05, 4.69) is 50.4 Å². The zero-order valence-corrected chi connectivity index (χ0v) is 10.7. The monoisotopic (exact) mass is 217 g/mol. The predicted octanol–water partition coefficient (Wildman–Crippen LogP) is 3.48. The summed E-state index contributed by atoms with van der Waals surface area (Å²) in [6.45, 7) is 8.02. The van der Waals surface area contributed by atoms with Gasteiger partial charge in [-0.25, -0.2) is 0 Å². The van der Waals surface area contributed by atoms with Gasteiger partial charge in [-0.1, -0.05) is 45.0 Å². The van der Waals surface area contributed by atoms with Crippen molar-refractivity contribution in [2.75, 3.05) is 6.54 Å². The Bertz CT molecular complexity index is 331. The average Bonchev–Trinajstić information content (AvgIpc) is 2.79. The molecule has 0 aliphatic carbocycles. The number of nitrogens with one attached hydrogen (secondary N) is 1. The molecule has 1 aromatic rings. The number of aryl methyl sites for hydroxylation is 1. The van der Waals surface area contributed by atoms with E-state index >= 15 is 0 Å². The average molecular weight is 217 g/mol. The zero-order chi connectivity index (χ0) is 11.6. The minimum atomic E-state index is 0.228. The highest BCUT2D eigenvalue weighted by atomic mass is 15.0. The molecule has 16 heavy (non-hydrogen) atoms. The largest absolute Gasteiger partial charge is 0.307 e. The van der Waals surface area contributed by atoms with Gasteiger partial charge in [-0.3, -0.25) is 0 Å². The first-order valence-corrected chi connectivity index (χ1v) is 6.53. The lowest BCUT2D eigenvalue weighted by Gasteiger charge is -2.34. The maximum atomic E-state index is 3.72. The van der Waals surface area contributed by atoms with Crippen LogP contribution < -0.4 is 5.32 Å². The Morgan fingerprint density at radius 1 is 1.25 bits per heavy atom. The Labute approximate surface area is 99.3 Å². The van der Waals surface area contributed by atoms with Crippen LogP contribution in [0.4, 0.5) is 0 Å². The number of hydrogen-bond donors (Lipinski definition) is 1. The molecule has 88 valence electrons. The van der Waals surface area contributed by atoms with E-state index in [-0.39, 0.29) is 5.54 Å². The molecule has 1 nitrogen and oxygen atoms in total. The van der Waals surface area contributed by atoms with Gasteiger partial charge in [0.1, 0.15) is 0 Å². The first-order valence-electron chi connectivity index (χ1n) is 6.53. The summed E-state index contributed by atoms with van der Waals surface area (Å²) in [6, 6.07) is 9.19. The summed E-state index contributed by atoms with van der Waals surface area (Å²) < 4.78 is 0. The van der Waals surface area contributed by atoms with Crippen molar-refractivity contribution >= 4 is 0 Å². The third-order valence-corrected chi connectivity index (χ3v) is 4.05. The van der Waals surface area contributed by atoms with Crippen molar-refractivity contribution < 1.29 is 0 Å². The second-order valence-electron chi connectivity index (χ2n) is 5.21. The Hall–Kier alpha value is -0.820. The second kappa shape index (κ2) is 4.58. The van der Waals surface area contributed by atoms with E-state index in [1.807, 2.05) is 0 Å². The van der Waals surface area contributed by atoms with Gasteiger partial charge in [0, 0.05) is 5.54 Å². The second-order valence-corrected chi connectivity index (χ2v) is 5.21. The van der Waals surface area contributed by atoms with Crippen LogP contribution in [0.3, 0.4) is 0 Å². The van der Waals surface area contributed by atoms with Crippen molar-refractivity contribution in [2.45, 2.75) is 45.6 Å². The maximum Gasteiger partial charge on any atom is 0.0458 e. The number of rotatable bonds is 3. The molecule has 1 heterocycles. The third kappa shape index (κ3) is 1.89. The molecular weight excluding hydrogens is 194 g/mol. The fourth-order valence-electron chi connectivity index (χ4n) is 2.88. The van der Waals surface area contributed by atoms with Gasteiger partial charge in [0.05, 0.1) is 0 Å². The van der Waals surface area contributed by atoms with Gasteiger partial charge < -0.3 is 5.32 Å². The summed E-state index contributed by atoms with van der Waals surface area (Å²) in [4.78, 5) is 0. The molecule has 1 fully saturated rings. The Morgan fingerprint density at radius 3 is 2.38 bits per heavy atom. The van der Waals surface area contributed by atoms with Crippen molar-refractivity contribution in [3.05, 3.63) is 35.4 Å². The fraction of sp³-hybridized carbons (Fsp3) is 0.600. The molecule has 1 heteroatoms. The smallest absolute Gasteiger partial charge is 0.0458 e. The molecule has 1 unspecified atom stereocenters. The lowest BCUT2D eigenvalue weighted by Crippen LogP contribution is -2.41. The van der Waals surface area contributed by atoms with E-state index in [9.17, 15) is 0 Å². The van der Waals surface area contributed by atoms with Crippen LogP contribution in [0.5, 0.6) is 0 Å². The van der Waals surface area contributed by atoms with Crippen LogP contribution in [-0.2, 0) is 12.0 Å². The molecular formula is C15H23N. The molecule has 0 radical (unpaired) electrons. The standard InChI is InChI=1S/C15H23N/c1-4-13-6-8-14(9-7-13)15(12(2)3)10-5-11-16-15/h6-9,12,16H,4-5,10-11H2,1-3H3. The van der Waals surface area contributed by atoms with Crippen molar-refractivity contribution in [2.24, 2.45) is 5.92 Å². The Morgan fingerprint density at radius 2 is 1.94 bits per heavy atom. The van der Waals surface area contributed by atoms with Crippen LogP contribution in [0.2, 0.25) is 0 Å². The van der Waals surface area contributed by atoms with E-state index in [0.29, 0.717) is 5.92 Å². The van der Waals surface area contributed by atoms with Gasteiger partial charge in [-0.05, 0) is 42.9 Å². The fourth-order valence-corrected chi connectivity index (χ4v) is 2.88. The zero-order valence-electron chi connectivity index (χ0n) is 10.7. The Kier molecular flexibility index (Phi) is 3.34. The molecule has 1 saturated heterocycles. The first-order chi connectivity index (χ1) is 7.69. The van der Waals surface area contributed by atoms with Gasteiger partial charge in [-0.15, -0.1) is 0 Å². The highest BCUT2D eigenvalue weighted by Crippen LogP contribution is 2.37. The predicted molar refractivity (Wildman–Crippen MR) is 69.6 cm³/mol. The quantitative estimate of drug-likeness (QED) is 0.817. The van der Waals surface area contributed by atoms with Gasteiger partial charge in [0.15, 0.2) is 0 Å². The van der Waals surface area contributed by atoms with Crippen molar-refractivity contribution in [1.82, 2.24) is 5.32 Å². The van der Waals surface area contributed by atoms with Gasteiger partial charge in [-0.2, -0.15) is 0 Å². The molecule has 0 spiro atoms. The van der Waals surface area contributed by atoms with Crippen LogP contribution in [0.1, 0.15) is 44.7 Å². The lowest BCUT2D eigenvalue weighted by molar-refractivity contribution is 0.277. The summed E-state index contributed by atoms with van der Waals surface area (Å²) in [7, 11) is 0. The number of hydrogen-bond acceptors (Lipinski definition) is 1. The first kappa shape index (κ1) is 11.7. The molecule has 0 saturated carbocycles. The minimum absolute atomic E-state index is 0.228. The van der Waals surface area contributed by atoms with Crippen LogP contribution in [0.15, 0.2) is 24.3 Å². The minimum Gasteiger partial charge on any atom is -0.307 e. The van der Waals surface area contributed by atoms with Crippen LogP contribution in [-0.4, -0.2) is 6.54 Å². The van der Waals surface area contributed by atoms with Crippen LogP contribution >= 0.6 is 0 Å². The number of benzene rings is 1. The van der Waals surface area contributed by atoms with Crippen LogP contribution in [0.25, 0.3) is 0 Å². The van der Waals surface area contributed by atoms with E-state index < -0.39 is 0 Å². The summed E-state index contributed by atoms with van der Waals surface area (Å²) in [6.07, 6.45) is 3.70. The van der Waals surface area contributed by atoms with E-state index in [4.69, 9.17) is 0 Å². The maximum absolute atomic E-state index is 3.72. The highest BCUT2D eigenvalue weighted by Gasteiger charge is 2.37. The molecule has 1 aliphatic heterocycles. The van der Waals surface area contributed by atoms with Crippen LogP contribution in [0, 0.1) is 5.92 Å². The molecule has 0 aromatic heterocycles. The summed E-state index contributed by atoms with van der Waals surface area (Å²) in [5.74, 6) is 0.655. The van der Waals surface area contributed by atoms with E-state index in [1.54, 1.807) is 0 Å². The van der Waals surface area contributed by atoms with Crippen molar-refractivity contribution in [3.63, 3.8) is 0 Å². The van der Waals surface area contributed by atoms with Gasteiger partial charge in [0.25, 0.3) is 0 Å². The molecule has 0 amide bonds. The molecule has 1 aliphatic rings. The summed E-state index contributed by atoms with van der Waals surface area (Å²) in [5.41, 5.74) is 3.13. The summed E-state index contributed by atoms with van der Waals surface area (Å²) in [5, 5.41) is 3.72.